The van der Waals surface area contributed by atoms with Gasteiger partial charge in [-0.05, 0) is 17.7 Å². The normalized spacial score (nSPS) is 11.8. The Bertz CT molecular complexity index is 412. The van der Waals surface area contributed by atoms with Crippen molar-refractivity contribution in [2.24, 2.45) is 5.73 Å². The zero-order chi connectivity index (χ0) is 10.7. The van der Waals surface area contributed by atoms with E-state index in [-0.39, 0.29) is 11.1 Å². The first kappa shape index (κ1) is 10.2. The number of hydrogen-bond acceptors (Lipinski definition) is 3. The lowest BCUT2D eigenvalue weighted by molar-refractivity contribution is -0.138. The van der Waals surface area contributed by atoms with E-state index in [0.29, 0.717) is 0 Å². The van der Waals surface area contributed by atoms with Gasteiger partial charge in [0, 0.05) is 0 Å². The number of benzene rings is 1. The lowest BCUT2D eigenvalue weighted by atomic mass is 10.1. The largest absolute Gasteiger partial charge is 0.480 e. The van der Waals surface area contributed by atoms with Gasteiger partial charge in [-0.1, -0.05) is 6.07 Å². The van der Waals surface area contributed by atoms with E-state index in [1.54, 1.807) is 6.07 Å². The van der Waals surface area contributed by atoms with E-state index in [1.165, 1.54) is 12.1 Å². The Balaban J connectivity index is 3.10. The molecule has 3 N–H and O–H groups in total. The van der Waals surface area contributed by atoms with Gasteiger partial charge in [0.05, 0.1) is 5.56 Å². The van der Waals surface area contributed by atoms with Crippen LogP contribution in [0.15, 0.2) is 18.2 Å². The Morgan fingerprint density at radius 1 is 1.64 bits per heavy atom. The summed E-state index contributed by atoms with van der Waals surface area (Å²) in [6.07, 6.45) is 0. The molecule has 0 aliphatic heterocycles. The van der Waals surface area contributed by atoms with Crippen molar-refractivity contribution in [1.82, 2.24) is 0 Å². The quantitative estimate of drug-likeness (QED) is 0.728. The maximum Gasteiger partial charge on any atom is 0.325 e. The first-order chi connectivity index (χ1) is 6.56. The minimum atomic E-state index is -1.27. The summed E-state index contributed by atoms with van der Waals surface area (Å²) in [5, 5.41) is 17.0. The molecule has 1 aromatic carbocycles. The van der Waals surface area contributed by atoms with Crippen molar-refractivity contribution in [1.29, 1.82) is 5.26 Å². The van der Waals surface area contributed by atoms with Crippen LogP contribution in [0, 0.1) is 17.1 Å². The molecule has 0 aliphatic rings. The molecule has 0 fully saturated rings. The molecule has 0 radical (unpaired) electrons. The summed E-state index contributed by atoms with van der Waals surface area (Å²) in [6, 6.07) is 3.84. The maximum absolute atomic E-state index is 13.0. The summed E-state index contributed by atoms with van der Waals surface area (Å²) in [7, 11) is 0. The predicted octanol–water partition coefficient (Wildman–Crippen LogP) is 0.782. The van der Waals surface area contributed by atoms with Gasteiger partial charge < -0.3 is 10.8 Å². The van der Waals surface area contributed by atoms with Gasteiger partial charge in [-0.15, -0.1) is 0 Å². The van der Waals surface area contributed by atoms with Crippen LogP contribution in [0.3, 0.4) is 0 Å². The molecule has 72 valence electrons. The maximum atomic E-state index is 13.0. The molecule has 0 aliphatic carbocycles. The van der Waals surface area contributed by atoms with Crippen LogP contribution < -0.4 is 5.73 Å². The van der Waals surface area contributed by atoms with Crippen molar-refractivity contribution < 1.29 is 14.3 Å². The van der Waals surface area contributed by atoms with Crippen LogP contribution in [0.5, 0.6) is 0 Å². The van der Waals surface area contributed by atoms with Gasteiger partial charge in [-0.25, -0.2) is 4.39 Å². The molecule has 0 amide bonds. The molecule has 5 heteroatoms. The van der Waals surface area contributed by atoms with Crippen LogP contribution >= 0.6 is 0 Å². The molecule has 1 aromatic rings. The second-order valence-corrected chi connectivity index (χ2v) is 2.67. The molecule has 14 heavy (non-hydrogen) atoms. The molecule has 1 rings (SSSR count). The average Bonchev–Trinajstić information content (AvgIpc) is 2.16. The van der Waals surface area contributed by atoms with E-state index < -0.39 is 17.8 Å². The number of aliphatic carboxylic acids is 1. The fraction of sp³-hybridized carbons (Fsp3) is 0.111. The molecular formula is C9H7FN2O2. The van der Waals surface area contributed by atoms with Gasteiger partial charge in [-0.3, -0.25) is 4.79 Å². The summed E-state index contributed by atoms with van der Waals surface area (Å²) in [6.45, 7) is 0. The first-order valence-electron chi connectivity index (χ1n) is 3.74. The van der Waals surface area contributed by atoms with Crippen LogP contribution in [0.4, 0.5) is 4.39 Å². The minimum Gasteiger partial charge on any atom is -0.480 e. The third-order valence-electron chi connectivity index (χ3n) is 1.74. The van der Waals surface area contributed by atoms with Crippen molar-refractivity contribution in [3.63, 3.8) is 0 Å². The third-order valence-corrected chi connectivity index (χ3v) is 1.74. The smallest absolute Gasteiger partial charge is 0.325 e. The first-order valence-corrected chi connectivity index (χ1v) is 3.74. The minimum absolute atomic E-state index is 0.133. The van der Waals surface area contributed by atoms with Crippen LogP contribution in [0.25, 0.3) is 0 Å². The molecule has 0 aromatic heterocycles. The highest BCUT2D eigenvalue weighted by Crippen LogP contribution is 2.14. The number of carboxylic acids is 1. The highest BCUT2D eigenvalue weighted by Gasteiger charge is 2.15. The van der Waals surface area contributed by atoms with Crippen molar-refractivity contribution in [2.75, 3.05) is 0 Å². The average molecular weight is 194 g/mol. The Labute approximate surface area is 79.4 Å². The number of carbonyl (C=O) groups is 1. The number of nitriles is 1. The van der Waals surface area contributed by atoms with Crippen LogP contribution in [0.2, 0.25) is 0 Å². The Kier molecular flexibility index (Phi) is 2.79. The molecule has 0 spiro atoms. The molecular weight excluding hydrogens is 187 g/mol. The van der Waals surface area contributed by atoms with Gasteiger partial charge in [0.1, 0.15) is 17.9 Å². The number of halogens is 1. The summed E-state index contributed by atoms with van der Waals surface area (Å²) in [5.74, 6) is -2.00. The molecule has 0 unspecified atom stereocenters. The number of carboxylic acid groups (broad SMARTS) is 1. The van der Waals surface area contributed by atoms with Crippen molar-refractivity contribution >= 4 is 5.97 Å². The molecule has 4 nitrogen and oxygen atoms in total. The second-order valence-electron chi connectivity index (χ2n) is 2.67. The van der Waals surface area contributed by atoms with Crippen molar-refractivity contribution in [3.05, 3.63) is 35.1 Å². The zero-order valence-corrected chi connectivity index (χ0v) is 7.07. The van der Waals surface area contributed by atoms with E-state index in [9.17, 15) is 9.18 Å². The van der Waals surface area contributed by atoms with E-state index in [1.807, 2.05) is 0 Å². The van der Waals surface area contributed by atoms with E-state index in [2.05, 4.69) is 0 Å². The summed E-state index contributed by atoms with van der Waals surface area (Å²) < 4.78 is 13.0. The highest BCUT2D eigenvalue weighted by molar-refractivity contribution is 5.75. The van der Waals surface area contributed by atoms with Gasteiger partial charge in [0.2, 0.25) is 0 Å². The molecule has 0 bridgehead atoms. The molecule has 0 heterocycles. The molecule has 0 saturated carbocycles. The van der Waals surface area contributed by atoms with Crippen LogP contribution in [-0.4, -0.2) is 11.1 Å². The Morgan fingerprint density at radius 2 is 2.29 bits per heavy atom. The number of nitrogens with two attached hydrogens (primary N) is 1. The fourth-order valence-electron chi connectivity index (χ4n) is 0.958. The van der Waals surface area contributed by atoms with Crippen LogP contribution in [-0.2, 0) is 4.79 Å². The van der Waals surface area contributed by atoms with Gasteiger partial charge in [-0.2, -0.15) is 5.26 Å². The molecule has 1 atom stereocenters. The lowest BCUT2D eigenvalue weighted by Gasteiger charge is -2.06. The van der Waals surface area contributed by atoms with Crippen molar-refractivity contribution in [2.45, 2.75) is 6.04 Å². The second kappa shape index (κ2) is 3.85. The van der Waals surface area contributed by atoms with E-state index in [0.717, 1.165) is 6.07 Å². The Morgan fingerprint density at radius 3 is 2.71 bits per heavy atom. The lowest BCUT2D eigenvalue weighted by Crippen LogP contribution is -2.20. The van der Waals surface area contributed by atoms with Crippen molar-refractivity contribution in [3.8, 4) is 6.07 Å². The summed E-state index contributed by atoms with van der Waals surface area (Å²) in [4.78, 5) is 10.5. The molecule has 0 saturated heterocycles. The van der Waals surface area contributed by atoms with E-state index >= 15 is 0 Å². The van der Waals surface area contributed by atoms with E-state index in [4.69, 9.17) is 16.1 Å². The monoisotopic (exact) mass is 194 g/mol. The summed E-state index contributed by atoms with van der Waals surface area (Å²) in [5.41, 5.74) is 5.25. The fourth-order valence-corrected chi connectivity index (χ4v) is 0.958. The van der Waals surface area contributed by atoms with Gasteiger partial charge in [0.15, 0.2) is 0 Å². The number of rotatable bonds is 2. The number of nitrogens with zero attached hydrogens (tertiary/aromatic N) is 1. The topological polar surface area (TPSA) is 87.1 Å². The van der Waals surface area contributed by atoms with Crippen LogP contribution in [0.1, 0.15) is 17.2 Å². The SMILES string of the molecule is N#Cc1ccc([C@H](N)C(=O)O)cc1F. The van der Waals surface area contributed by atoms with Gasteiger partial charge >= 0.3 is 5.97 Å². The Hall–Kier alpha value is -1.93. The summed E-state index contributed by atoms with van der Waals surface area (Å²) >= 11 is 0. The number of hydrogen-bond donors (Lipinski definition) is 2. The van der Waals surface area contributed by atoms with Gasteiger partial charge in [0.25, 0.3) is 0 Å². The predicted molar refractivity (Wildman–Crippen MR) is 45.7 cm³/mol. The standard InChI is InChI=1S/C9H7FN2O2/c10-7-3-5(8(12)9(13)14)1-2-6(7)4-11/h1-3,8H,12H2,(H,13,14)/t8-/m0/s1. The highest BCUT2D eigenvalue weighted by atomic mass is 19.1. The zero-order valence-electron chi connectivity index (χ0n) is 7.07. The third kappa shape index (κ3) is 1.87.